The summed E-state index contributed by atoms with van der Waals surface area (Å²) in [5.74, 6) is 2.77. The Labute approximate surface area is 173 Å². The smallest absolute Gasteiger partial charge is 0.188 e. The lowest BCUT2D eigenvalue weighted by molar-refractivity contribution is 0.0505. The van der Waals surface area contributed by atoms with Gasteiger partial charge in [-0.05, 0) is 35.7 Å². The number of ether oxygens (including phenoxy) is 5. The van der Waals surface area contributed by atoms with E-state index in [1.54, 1.807) is 14.2 Å². The normalized spacial score (nSPS) is 20.6. The van der Waals surface area contributed by atoms with E-state index in [-0.39, 0.29) is 19.0 Å². The van der Waals surface area contributed by atoms with Crippen molar-refractivity contribution in [3.63, 3.8) is 0 Å². The standard InChI is InChI=1S/C24H31O5/c1-5-6-7-22-21-13-12-20(29-17-26-4)14-23(21)27-15-24(22,2)18-8-10-19(11-9-18)28-16-25-3/h8-14,22H,1,5-7,15-17H2,2-4H3. The third-order valence-electron chi connectivity index (χ3n) is 5.60. The van der Waals surface area contributed by atoms with Crippen LogP contribution in [0.1, 0.15) is 43.2 Å². The lowest BCUT2D eigenvalue weighted by Crippen LogP contribution is -2.40. The second-order valence-electron chi connectivity index (χ2n) is 7.58. The van der Waals surface area contributed by atoms with Crippen molar-refractivity contribution in [2.75, 3.05) is 34.4 Å². The van der Waals surface area contributed by atoms with E-state index in [4.69, 9.17) is 23.7 Å². The molecule has 0 aromatic heterocycles. The van der Waals surface area contributed by atoms with Gasteiger partial charge in [0.25, 0.3) is 0 Å². The molecule has 29 heavy (non-hydrogen) atoms. The number of methoxy groups -OCH3 is 2. The molecule has 0 spiro atoms. The maximum absolute atomic E-state index is 6.23. The molecule has 3 rings (SSSR count). The van der Waals surface area contributed by atoms with Crippen LogP contribution in [0.15, 0.2) is 42.5 Å². The molecule has 1 aliphatic heterocycles. The van der Waals surface area contributed by atoms with Crippen molar-refractivity contribution in [3.8, 4) is 17.2 Å². The Bertz CT molecular complexity index is 773. The van der Waals surface area contributed by atoms with Gasteiger partial charge in [0.05, 0.1) is 6.61 Å². The highest BCUT2D eigenvalue weighted by atomic mass is 16.7. The van der Waals surface area contributed by atoms with Gasteiger partial charge in [0.15, 0.2) is 13.6 Å². The Morgan fingerprint density at radius 1 is 1.00 bits per heavy atom. The zero-order valence-corrected chi connectivity index (χ0v) is 17.6. The summed E-state index contributed by atoms with van der Waals surface area (Å²) in [5, 5.41) is 0. The second kappa shape index (κ2) is 9.99. The van der Waals surface area contributed by atoms with Crippen LogP contribution in [0.5, 0.6) is 17.2 Å². The third kappa shape index (κ3) is 4.85. The van der Waals surface area contributed by atoms with Gasteiger partial charge in [-0.1, -0.05) is 44.9 Å². The fourth-order valence-corrected chi connectivity index (χ4v) is 3.98. The molecule has 0 saturated carbocycles. The predicted octanol–water partition coefficient (Wildman–Crippen LogP) is 5.09. The van der Waals surface area contributed by atoms with Crippen molar-refractivity contribution in [2.24, 2.45) is 0 Å². The number of hydrogen-bond acceptors (Lipinski definition) is 5. The van der Waals surface area contributed by atoms with Gasteiger partial charge in [-0.3, -0.25) is 0 Å². The number of benzene rings is 2. The van der Waals surface area contributed by atoms with Crippen LogP contribution in [-0.2, 0) is 14.9 Å². The van der Waals surface area contributed by atoms with Crippen LogP contribution in [0.4, 0.5) is 0 Å². The van der Waals surface area contributed by atoms with Crippen LogP contribution in [-0.4, -0.2) is 34.4 Å². The molecule has 2 unspecified atom stereocenters. The Balaban J connectivity index is 1.89. The van der Waals surface area contributed by atoms with Gasteiger partial charge in [-0.15, -0.1) is 0 Å². The Morgan fingerprint density at radius 3 is 2.31 bits per heavy atom. The first kappa shape index (κ1) is 21.5. The molecule has 1 radical (unpaired) electrons. The van der Waals surface area contributed by atoms with E-state index < -0.39 is 0 Å². The monoisotopic (exact) mass is 399 g/mol. The number of rotatable bonds is 10. The molecule has 1 aliphatic rings. The van der Waals surface area contributed by atoms with Gasteiger partial charge in [0.2, 0.25) is 0 Å². The first-order valence-corrected chi connectivity index (χ1v) is 10.0. The zero-order valence-electron chi connectivity index (χ0n) is 17.6. The predicted molar refractivity (Wildman–Crippen MR) is 113 cm³/mol. The average molecular weight is 400 g/mol. The van der Waals surface area contributed by atoms with Crippen LogP contribution in [0.25, 0.3) is 0 Å². The van der Waals surface area contributed by atoms with Crippen LogP contribution in [0.2, 0.25) is 0 Å². The molecule has 157 valence electrons. The van der Waals surface area contributed by atoms with E-state index in [1.807, 2.05) is 24.3 Å². The van der Waals surface area contributed by atoms with Crippen LogP contribution in [0.3, 0.4) is 0 Å². The molecule has 5 heteroatoms. The van der Waals surface area contributed by atoms with Gasteiger partial charge in [0.1, 0.15) is 17.2 Å². The molecule has 2 aromatic rings. The number of unbranched alkanes of at least 4 members (excludes halogenated alkanes) is 1. The number of hydrogen-bond donors (Lipinski definition) is 0. The van der Waals surface area contributed by atoms with Crippen LogP contribution >= 0.6 is 0 Å². The SMILES string of the molecule is [CH2]CCCC1c2ccc(OCOC)cc2OCC1(C)c1ccc(OCOC)cc1. The van der Waals surface area contributed by atoms with Gasteiger partial charge >= 0.3 is 0 Å². The fraction of sp³-hybridized carbons (Fsp3) is 0.458. The quantitative estimate of drug-likeness (QED) is 0.521. The van der Waals surface area contributed by atoms with Crippen LogP contribution in [0, 0.1) is 6.92 Å². The average Bonchev–Trinajstić information content (AvgIpc) is 2.76. The lowest BCUT2D eigenvalue weighted by Gasteiger charge is -2.43. The van der Waals surface area contributed by atoms with E-state index in [0.29, 0.717) is 12.5 Å². The number of fused-ring (bicyclic) bond motifs is 1. The summed E-state index contributed by atoms with van der Waals surface area (Å²) in [5.41, 5.74) is 2.31. The van der Waals surface area contributed by atoms with E-state index in [9.17, 15) is 0 Å². The van der Waals surface area contributed by atoms with E-state index in [2.05, 4.69) is 32.0 Å². The summed E-state index contributed by atoms with van der Waals surface area (Å²) in [6.45, 7) is 7.39. The molecule has 0 N–H and O–H groups in total. The van der Waals surface area contributed by atoms with Crippen molar-refractivity contribution in [2.45, 2.75) is 37.5 Å². The highest BCUT2D eigenvalue weighted by molar-refractivity contribution is 5.48. The fourth-order valence-electron chi connectivity index (χ4n) is 3.98. The van der Waals surface area contributed by atoms with Crippen molar-refractivity contribution < 1.29 is 23.7 Å². The summed E-state index contributed by atoms with van der Waals surface area (Å²) < 4.78 is 27.3. The third-order valence-corrected chi connectivity index (χ3v) is 5.60. The molecule has 2 aromatic carbocycles. The Kier molecular flexibility index (Phi) is 7.40. The maximum atomic E-state index is 6.23. The minimum absolute atomic E-state index is 0.142. The van der Waals surface area contributed by atoms with Gasteiger partial charge in [-0.2, -0.15) is 0 Å². The summed E-state index contributed by atoms with van der Waals surface area (Å²) in [4.78, 5) is 0. The van der Waals surface area contributed by atoms with Gasteiger partial charge in [0, 0.05) is 31.6 Å². The van der Waals surface area contributed by atoms with Crippen LogP contribution < -0.4 is 14.2 Å². The Morgan fingerprint density at radius 2 is 1.66 bits per heavy atom. The van der Waals surface area contributed by atoms with E-state index >= 15 is 0 Å². The molecular formula is C24H31O5. The summed E-state index contributed by atoms with van der Waals surface area (Å²) >= 11 is 0. The molecule has 0 fully saturated rings. The lowest BCUT2D eigenvalue weighted by atomic mass is 9.66. The van der Waals surface area contributed by atoms with Gasteiger partial charge in [-0.25, -0.2) is 0 Å². The van der Waals surface area contributed by atoms with Crippen molar-refractivity contribution >= 4 is 0 Å². The molecule has 0 bridgehead atoms. The molecular weight excluding hydrogens is 368 g/mol. The first-order valence-electron chi connectivity index (χ1n) is 10.0. The minimum atomic E-state index is -0.142. The molecule has 0 aliphatic carbocycles. The summed E-state index contributed by atoms with van der Waals surface area (Å²) in [6.07, 6.45) is 3.04. The highest BCUT2D eigenvalue weighted by Gasteiger charge is 2.42. The van der Waals surface area contributed by atoms with Gasteiger partial charge < -0.3 is 23.7 Å². The largest absolute Gasteiger partial charge is 0.492 e. The Hall–Kier alpha value is -2.24. The molecule has 0 amide bonds. The topological polar surface area (TPSA) is 46.2 Å². The van der Waals surface area contributed by atoms with E-state index in [1.165, 1.54) is 11.1 Å². The van der Waals surface area contributed by atoms with Crippen molar-refractivity contribution in [1.29, 1.82) is 0 Å². The molecule has 2 atom stereocenters. The maximum Gasteiger partial charge on any atom is 0.188 e. The summed E-state index contributed by atoms with van der Waals surface area (Å²) in [7, 11) is 3.23. The van der Waals surface area contributed by atoms with Crippen molar-refractivity contribution in [3.05, 3.63) is 60.5 Å². The van der Waals surface area contributed by atoms with Crippen molar-refractivity contribution in [1.82, 2.24) is 0 Å². The van der Waals surface area contributed by atoms with E-state index in [0.717, 1.165) is 36.5 Å². The zero-order chi connectivity index (χ0) is 20.7. The second-order valence-corrected chi connectivity index (χ2v) is 7.58. The molecule has 0 saturated heterocycles. The summed E-state index contributed by atoms with van der Waals surface area (Å²) in [6, 6.07) is 14.3. The molecule has 1 heterocycles. The highest BCUT2D eigenvalue weighted by Crippen LogP contribution is 2.49. The minimum Gasteiger partial charge on any atom is -0.492 e. The molecule has 5 nitrogen and oxygen atoms in total. The first-order chi connectivity index (χ1) is 14.1.